The Bertz CT molecular complexity index is 634. The van der Waals surface area contributed by atoms with Gasteiger partial charge in [0, 0.05) is 6.54 Å². The normalized spacial score (nSPS) is 9.85. The second kappa shape index (κ2) is 6.53. The molecule has 0 saturated carbocycles. The van der Waals surface area contributed by atoms with Crippen LogP contribution < -0.4 is 10.1 Å². The molecule has 1 heterocycles. The van der Waals surface area contributed by atoms with Crippen molar-refractivity contribution in [2.24, 2.45) is 0 Å². The van der Waals surface area contributed by atoms with Crippen LogP contribution in [0.15, 0.2) is 30.6 Å². The van der Waals surface area contributed by atoms with E-state index in [2.05, 4.69) is 28.3 Å². The van der Waals surface area contributed by atoms with Crippen LogP contribution in [-0.2, 0) is 0 Å². The lowest BCUT2D eigenvalue weighted by Crippen LogP contribution is -2.03. The Balaban J connectivity index is 2.19. The zero-order chi connectivity index (χ0) is 14.4. The quantitative estimate of drug-likeness (QED) is 0.901. The molecular weight excluding hydrogens is 252 g/mol. The van der Waals surface area contributed by atoms with E-state index in [1.807, 2.05) is 13.0 Å². The monoisotopic (exact) mass is 268 g/mol. The topological polar surface area (TPSA) is 70.8 Å². The number of ether oxygens (including phenoxy) is 1. The van der Waals surface area contributed by atoms with E-state index < -0.39 is 0 Å². The molecule has 0 aliphatic rings. The first kappa shape index (κ1) is 13.8. The molecule has 0 aliphatic heterocycles. The maximum Gasteiger partial charge on any atom is 0.239 e. The van der Waals surface area contributed by atoms with Crippen LogP contribution in [-0.4, -0.2) is 16.5 Å². The van der Waals surface area contributed by atoms with E-state index in [1.54, 1.807) is 24.5 Å². The van der Waals surface area contributed by atoms with Crippen molar-refractivity contribution in [1.29, 1.82) is 5.26 Å². The Hall–Kier alpha value is -2.61. The molecule has 1 aromatic heterocycles. The van der Waals surface area contributed by atoms with Crippen molar-refractivity contribution >= 4 is 5.82 Å². The summed E-state index contributed by atoms with van der Waals surface area (Å²) < 4.78 is 5.71. The van der Waals surface area contributed by atoms with Crippen molar-refractivity contribution in [3.05, 3.63) is 41.7 Å². The van der Waals surface area contributed by atoms with Crippen molar-refractivity contribution in [2.75, 3.05) is 11.9 Å². The lowest BCUT2D eigenvalue weighted by atomic mass is 10.1. The van der Waals surface area contributed by atoms with Gasteiger partial charge in [-0.1, -0.05) is 13.0 Å². The van der Waals surface area contributed by atoms with Gasteiger partial charge in [-0.2, -0.15) is 10.2 Å². The number of nitrogens with one attached hydrogen (secondary N) is 1. The zero-order valence-corrected chi connectivity index (χ0v) is 11.6. The summed E-state index contributed by atoms with van der Waals surface area (Å²) in [7, 11) is 0. The van der Waals surface area contributed by atoms with Crippen molar-refractivity contribution in [1.82, 2.24) is 9.97 Å². The summed E-state index contributed by atoms with van der Waals surface area (Å²) in [5.74, 6) is 1.70. The van der Waals surface area contributed by atoms with Crippen molar-refractivity contribution in [3.8, 4) is 17.7 Å². The fourth-order valence-corrected chi connectivity index (χ4v) is 1.63. The standard InChI is InChI=1S/C15H16N4O/c1-3-6-18-14-9-17-10-15(19-14)20-13-7-12(8-16)5-4-11(13)2/h4-5,7,9-10H,3,6H2,1-2H3,(H,18,19). The summed E-state index contributed by atoms with van der Waals surface area (Å²) in [5.41, 5.74) is 1.50. The molecular formula is C15H16N4O. The maximum atomic E-state index is 8.92. The highest BCUT2D eigenvalue weighted by molar-refractivity contribution is 5.43. The van der Waals surface area contributed by atoms with Crippen LogP contribution in [0.3, 0.4) is 0 Å². The Morgan fingerprint density at radius 3 is 2.95 bits per heavy atom. The molecule has 0 aliphatic carbocycles. The number of hydrogen-bond acceptors (Lipinski definition) is 5. The molecule has 0 saturated heterocycles. The number of aromatic nitrogens is 2. The number of rotatable bonds is 5. The molecule has 5 heteroatoms. The highest BCUT2D eigenvalue weighted by Gasteiger charge is 2.05. The summed E-state index contributed by atoms with van der Waals surface area (Å²) >= 11 is 0. The van der Waals surface area contributed by atoms with Gasteiger partial charge in [0.1, 0.15) is 11.6 Å². The fraction of sp³-hybridized carbons (Fsp3) is 0.267. The minimum atomic E-state index is 0.407. The van der Waals surface area contributed by atoms with Crippen LogP contribution in [0.25, 0.3) is 0 Å². The summed E-state index contributed by atoms with van der Waals surface area (Å²) in [6.45, 7) is 4.84. The van der Waals surface area contributed by atoms with E-state index in [9.17, 15) is 0 Å². The summed E-state index contributed by atoms with van der Waals surface area (Å²) in [6.07, 6.45) is 4.22. The average molecular weight is 268 g/mol. The first-order valence-electron chi connectivity index (χ1n) is 6.47. The number of nitriles is 1. The second-order valence-corrected chi connectivity index (χ2v) is 4.36. The van der Waals surface area contributed by atoms with Gasteiger partial charge in [0.05, 0.1) is 24.0 Å². The molecule has 2 aromatic rings. The Morgan fingerprint density at radius 1 is 1.35 bits per heavy atom. The molecule has 0 spiro atoms. The average Bonchev–Trinajstić information content (AvgIpc) is 2.48. The van der Waals surface area contributed by atoms with Crippen LogP contribution >= 0.6 is 0 Å². The van der Waals surface area contributed by atoms with Gasteiger partial charge >= 0.3 is 0 Å². The molecule has 0 fully saturated rings. The predicted octanol–water partition coefficient (Wildman–Crippen LogP) is 3.27. The van der Waals surface area contributed by atoms with Crippen LogP contribution in [0.4, 0.5) is 5.82 Å². The van der Waals surface area contributed by atoms with Gasteiger partial charge in [-0.05, 0) is 31.0 Å². The Kier molecular flexibility index (Phi) is 4.51. The Labute approximate surface area is 118 Å². The molecule has 0 atom stereocenters. The number of hydrogen-bond donors (Lipinski definition) is 1. The largest absolute Gasteiger partial charge is 0.437 e. The molecule has 1 aromatic carbocycles. The van der Waals surface area contributed by atoms with E-state index in [0.29, 0.717) is 23.0 Å². The highest BCUT2D eigenvalue weighted by atomic mass is 16.5. The van der Waals surface area contributed by atoms with Crippen LogP contribution in [0.1, 0.15) is 24.5 Å². The summed E-state index contributed by atoms with van der Waals surface area (Å²) in [4.78, 5) is 8.41. The third-order valence-electron chi connectivity index (χ3n) is 2.70. The number of benzene rings is 1. The van der Waals surface area contributed by atoms with E-state index >= 15 is 0 Å². The molecule has 5 nitrogen and oxygen atoms in total. The predicted molar refractivity (Wildman–Crippen MR) is 76.8 cm³/mol. The first-order chi connectivity index (χ1) is 9.72. The van der Waals surface area contributed by atoms with E-state index in [4.69, 9.17) is 10.00 Å². The second-order valence-electron chi connectivity index (χ2n) is 4.36. The first-order valence-corrected chi connectivity index (χ1v) is 6.47. The van der Waals surface area contributed by atoms with Crippen LogP contribution in [0.5, 0.6) is 11.6 Å². The molecule has 102 valence electrons. The molecule has 0 bridgehead atoms. The SMILES string of the molecule is CCCNc1cncc(Oc2cc(C#N)ccc2C)n1. The lowest BCUT2D eigenvalue weighted by Gasteiger charge is -2.09. The number of nitrogens with zero attached hydrogens (tertiary/aromatic N) is 3. The minimum absolute atomic E-state index is 0.407. The summed E-state index contributed by atoms with van der Waals surface area (Å²) in [5, 5.41) is 12.1. The number of anilines is 1. The van der Waals surface area contributed by atoms with Crippen molar-refractivity contribution < 1.29 is 4.74 Å². The van der Waals surface area contributed by atoms with Gasteiger partial charge in [-0.25, -0.2) is 0 Å². The zero-order valence-electron chi connectivity index (χ0n) is 11.6. The smallest absolute Gasteiger partial charge is 0.239 e. The molecule has 0 unspecified atom stereocenters. The van der Waals surface area contributed by atoms with E-state index in [-0.39, 0.29) is 0 Å². The van der Waals surface area contributed by atoms with Gasteiger partial charge in [0.15, 0.2) is 0 Å². The van der Waals surface area contributed by atoms with Crippen LogP contribution in [0.2, 0.25) is 0 Å². The molecule has 0 amide bonds. The fourth-order valence-electron chi connectivity index (χ4n) is 1.63. The van der Waals surface area contributed by atoms with Gasteiger partial charge in [0.2, 0.25) is 5.88 Å². The van der Waals surface area contributed by atoms with E-state index in [1.165, 1.54) is 0 Å². The maximum absolute atomic E-state index is 8.92. The summed E-state index contributed by atoms with van der Waals surface area (Å²) in [6, 6.07) is 7.39. The van der Waals surface area contributed by atoms with Crippen LogP contribution in [0, 0.1) is 18.3 Å². The van der Waals surface area contributed by atoms with Gasteiger partial charge in [-0.15, -0.1) is 0 Å². The third-order valence-corrected chi connectivity index (χ3v) is 2.70. The molecule has 1 N–H and O–H groups in total. The van der Waals surface area contributed by atoms with Crippen molar-refractivity contribution in [3.63, 3.8) is 0 Å². The van der Waals surface area contributed by atoms with E-state index in [0.717, 1.165) is 18.5 Å². The van der Waals surface area contributed by atoms with Gasteiger partial charge in [0.25, 0.3) is 0 Å². The van der Waals surface area contributed by atoms with Gasteiger partial charge < -0.3 is 10.1 Å². The Morgan fingerprint density at radius 2 is 2.20 bits per heavy atom. The van der Waals surface area contributed by atoms with Crippen molar-refractivity contribution in [2.45, 2.75) is 20.3 Å². The third kappa shape index (κ3) is 3.45. The lowest BCUT2D eigenvalue weighted by molar-refractivity contribution is 0.457. The molecule has 20 heavy (non-hydrogen) atoms. The minimum Gasteiger partial charge on any atom is -0.437 e. The molecule has 0 radical (unpaired) electrons. The molecule has 2 rings (SSSR count). The van der Waals surface area contributed by atoms with Gasteiger partial charge in [-0.3, -0.25) is 4.98 Å². The number of aryl methyl sites for hydroxylation is 1. The highest BCUT2D eigenvalue weighted by Crippen LogP contribution is 2.24.